The summed E-state index contributed by atoms with van der Waals surface area (Å²) < 4.78 is 11.5. The molecule has 0 saturated heterocycles. The summed E-state index contributed by atoms with van der Waals surface area (Å²) in [6, 6.07) is 20.1. The zero-order valence-electron chi connectivity index (χ0n) is 15.4. The predicted molar refractivity (Wildman–Crippen MR) is 110 cm³/mol. The van der Waals surface area contributed by atoms with E-state index in [1.54, 1.807) is 30.3 Å². The molecule has 0 fully saturated rings. The summed E-state index contributed by atoms with van der Waals surface area (Å²) in [4.78, 5) is 20.6. The maximum atomic E-state index is 12.9. The number of benzene rings is 2. The van der Waals surface area contributed by atoms with Gasteiger partial charge in [-0.2, -0.15) is 4.98 Å². The van der Waals surface area contributed by atoms with Crippen LogP contribution in [0.1, 0.15) is 21.8 Å². The molecule has 0 unspecified atom stereocenters. The van der Waals surface area contributed by atoms with Crippen LogP contribution in [0.5, 0.6) is 0 Å². The van der Waals surface area contributed by atoms with Gasteiger partial charge >= 0.3 is 0 Å². The van der Waals surface area contributed by atoms with E-state index < -0.39 is 0 Å². The minimum atomic E-state index is -0.281. The molecule has 6 heteroatoms. The largest absolute Gasteiger partial charge is 0.435 e. The number of allylic oxidation sites excluding steroid dienone is 3. The molecule has 0 aliphatic heterocycles. The van der Waals surface area contributed by atoms with Crippen LogP contribution in [-0.2, 0) is 0 Å². The first-order valence-corrected chi connectivity index (χ1v) is 9.03. The van der Waals surface area contributed by atoms with Gasteiger partial charge in [-0.25, -0.2) is 10.1 Å². The SMILES string of the molecule is [C-]#[N+]/C(C#N)=C1\C(=C\c2nc3oc(-c4ccccc4)cc3o2)C(=O)c2ccccc21. The third-order valence-corrected chi connectivity index (χ3v) is 4.84. The Kier molecular flexibility index (Phi) is 3.91. The van der Waals surface area contributed by atoms with Crippen molar-refractivity contribution < 1.29 is 13.6 Å². The quantitative estimate of drug-likeness (QED) is 0.256. The van der Waals surface area contributed by atoms with Gasteiger partial charge < -0.3 is 8.83 Å². The Morgan fingerprint density at radius 3 is 2.50 bits per heavy atom. The highest BCUT2D eigenvalue weighted by molar-refractivity contribution is 6.29. The van der Waals surface area contributed by atoms with Crippen LogP contribution in [0.2, 0.25) is 0 Å². The normalized spacial score (nSPS) is 15.8. The maximum absolute atomic E-state index is 12.9. The van der Waals surface area contributed by atoms with Crippen LogP contribution >= 0.6 is 0 Å². The highest BCUT2D eigenvalue weighted by Crippen LogP contribution is 2.40. The molecule has 0 amide bonds. The lowest BCUT2D eigenvalue weighted by Crippen LogP contribution is -1.95. The summed E-state index contributed by atoms with van der Waals surface area (Å²) in [6.45, 7) is 7.32. The summed E-state index contributed by atoms with van der Waals surface area (Å²) in [5, 5.41) is 9.39. The fraction of sp³-hybridized carbons (Fsp3) is 0. The fourth-order valence-electron chi connectivity index (χ4n) is 3.51. The third-order valence-electron chi connectivity index (χ3n) is 4.84. The number of carbonyl (C=O) groups is 1. The van der Waals surface area contributed by atoms with Gasteiger partial charge in [0.1, 0.15) is 5.76 Å². The molecule has 0 atom stereocenters. The Hall–Kier alpha value is -4.68. The summed E-state index contributed by atoms with van der Waals surface area (Å²) >= 11 is 0. The Bertz CT molecular complexity index is 1420. The number of ketones is 1. The van der Waals surface area contributed by atoms with Gasteiger partial charge in [-0.3, -0.25) is 4.79 Å². The minimum absolute atomic E-state index is 0.152. The van der Waals surface area contributed by atoms with Crippen LogP contribution in [0.3, 0.4) is 0 Å². The second kappa shape index (κ2) is 6.73. The summed E-state index contributed by atoms with van der Waals surface area (Å²) in [7, 11) is 0. The van der Waals surface area contributed by atoms with E-state index in [-0.39, 0.29) is 22.9 Å². The molecular weight excluding hydrogens is 378 g/mol. The van der Waals surface area contributed by atoms with E-state index in [1.807, 2.05) is 36.4 Å². The average Bonchev–Trinajstić information content (AvgIpc) is 3.42. The molecule has 0 radical (unpaired) electrons. The lowest BCUT2D eigenvalue weighted by atomic mass is 10.0. The lowest BCUT2D eigenvalue weighted by molar-refractivity contribution is 0.104. The molecule has 1 aliphatic rings. The monoisotopic (exact) mass is 389 g/mol. The van der Waals surface area contributed by atoms with E-state index in [2.05, 4.69) is 9.83 Å². The second-order valence-corrected chi connectivity index (χ2v) is 6.58. The molecule has 4 aromatic rings. The van der Waals surface area contributed by atoms with Crippen LogP contribution in [0.4, 0.5) is 0 Å². The van der Waals surface area contributed by atoms with Gasteiger partial charge in [0.15, 0.2) is 11.4 Å². The lowest BCUT2D eigenvalue weighted by Gasteiger charge is -2.00. The zero-order chi connectivity index (χ0) is 20.7. The highest BCUT2D eigenvalue weighted by atomic mass is 16.4. The van der Waals surface area contributed by atoms with Gasteiger partial charge in [0.25, 0.3) is 11.4 Å². The van der Waals surface area contributed by atoms with Crippen molar-refractivity contribution in [2.75, 3.05) is 0 Å². The molecule has 2 aromatic carbocycles. The Balaban J connectivity index is 1.62. The van der Waals surface area contributed by atoms with Crippen molar-refractivity contribution in [2.45, 2.75) is 0 Å². The standard InChI is InChI=1S/C24H11N3O3/c1-26-18(13-25)22-15-9-5-6-10-16(15)23(28)17(22)11-21-27-24-20(29-21)12-19(30-24)14-7-3-2-4-8-14/h2-12H/b17-11-,22-18-. The van der Waals surface area contributed by atoms with E-state index in [0.717, 1.165) is 5.56 Å². The van der Waals surface area contributed by atoms with Crippen LogP contribution in [-0.4, -0.2) is 10.8 Å². The molecule has 0 saturated carbocycles. The number of nitrogens with zero attached hydrogens (tertiary/aromatic N) is 3. The van der Waals surface area contributed by atoms with E-state index in [0.29, 0.717) is 33.8 Å². The van der Waals surface area contributed by atoms with Crippen molar-refractivity contribution in [1.82, 2.24) is 4.98 Å². The molecule has 5 rings (SSSR count). The van der Waals surface area contributed by atoms with Gasteiger partial charge in [0, 0.05) is 34.4 Å². The average molecular weight is 389 g/mol. The number of Topliss-reactive ketones (excluding diaryl/α,β-unsaturated/α-hetero) is 1. The van der Waals surface area contributed by atoms with Crippen LogP contribution < -0.4 is 0 Å². The molecule has 0 bridgehead atoms. The fourth-order valence-corrected chi connectivity index (χ4v) is 3.51. The smallest absolute Gasteiger partial charge is 0.270 e. The first-order valence-electron chi connectivity index (χ1n) is 9.03. The van der Waals surface area contributed by atoms with Gasteiger partial charge in [-0.1, -0.05) is 54.6 Å². The number of rotatable bonds is 2. The second-order valence-electron chi connectivity index (χ2n) is 6.58. The van der Waals surface area contributed by atoms with Crippen molar-refractivity contribution in [3.05, 3.63) is 100 Å². The zero-order valence-corrected chi connectivity index (χ0v) is 15.4. The van der Waals surface area contributed by atoms with Crippen LogP contribution in [0.15, 0.2) is 80.8 Å². The van der Waals surface area contributed by atoms with E-state index >= 15 is 0 Å². The number of furan rings is 1. The molecule has 0 N–H and O–H groups in total. The number of fused-ring (bicyclic) bond motifs is 2. The highest BCUT2D eigenvalue weighted by Gasteiger charge is 2.32. The first-order chi connectivity index (χ1) is 14.7. The molecule has 2 aromatic heterocycles. The maximum Gasteiger partial charge on any atom is 0.270 e. The van der Waals surface area contributed by atoms with E-state index in [9.17, 15) is 10.1 Å². The van der Waals surface area contributed by atoms with Gasteiger partial charge in [0.05, 0.1) is 12.6 Å². The molecule has 30 heavy (non-hydrogen) atoms. The summed E-state index contributed by atoms with van der Waals surface area (Å²) in [5.74, 6) is 0.511. The molecule has 140 valence electrons. The number of nitriles is 1. The Morgan fingerprint density at radius 2 is 1.80 bits per heavy atom. The molecule has 2 heterocycles. The van der Waals surface area contributed by atoms with Gasteiger partial charge in [-0.15, -0.1) is 0 Å². The molecular formula is C24H11N3O3. The van der Waals surface area contributed by atoms with Crippen molar-refractivity contribution >= 4 is 28.7 Å². The van der Waals surface area contributed by atoms with Gasteiger partial charge in [0.2, 0.25) is 5.89 Å². The minimum Gasteiger partial charge on any atom is -0.435 e. The predicted octanol–water partition coefficient (Wildman–Crippen LogP) is 5.52. The molecule has 0 spiro atoms. The van der Waals surface area contributed by atoms with Crippen molar-refractivity contribution in [3.63, 3.8) is 0 Å². The Morgan fingerprint density at radius 1 is 1.07 bits per heavy atom. The number of oxazole rings is 1. The topological polar surface area (TPSA) is 84.4 Å². The van der Waals surface area contributed by atoms with Gasteiger partial charge in [-0.05, 0) is 5.56 Å². The Labute approximate surface area is 170 Å². The van der Waals surface area contributed by atoms with Crippen molar-refractivity contribution in [1.29, 1.82) is 5.26 Å². The summed E-state index contributed by atoms with van der Waals surface area (Å²) in [6.07, 6.45) is 1.46. The number of aromatic nitrogens is 1. The third kappa shape index (κ3) is 2.64. The first kappa shape index (κ1) is 17.4. The number of hydrogen-bond donors (Lipinski definition) is 0. The van der Waals surface area contributed by atoms with Crippen LogP contribution in [0.25, 0.3) is 39.1 Å². The van der Waals surface area contributed by atoms with Crippen molar-refractivity contribution in [2.24, 2.45) is 0 Å². The van der Waals surface area contributed by atoms with E-state index in [1.165, 1.54) is 6.08 Å². The number of carbonyl (C=O) groups excluding carboxylic acids is 1. The molecule has 1 aliphatic carbocycles. The van der Waals surface area contributed by atoms with Crippen molar-refractivity contribution in [3.8, 4) is 17.4 Å². The summed E-state index contributed by atoms with van der Waals surface area (Å²) in [5.41, 5.74) is 3.00. The molecule has 6 nitrogen and oxygen atoms in total. The van der Waals surface area contributed by atoms with E-state index in [4.69, 9.17) is 15.4 Å². The van der Waals surface area contributed by atoms with Crippen LogP contribution in [0, 0.1) is 17.9 Å². The number of hydrogen-bond acceptors (Lipinski definition) is 5.